The summed E-state index contributed by atoms with van der Waals surface area (Å²) in [6, 6.07) is 0. The van der Waals surface area contributed by atoms with Gasteiger partial charge in [-0.25, -0.2) is 0 Å². The Labute approximate surface area is 429 Å². The maximum atomic E-state index is 12.8. The Morgan fingerprint density at radius 1 is 0.290 bits per heavy atom. The zero-order valence-electron chi connectivity index (χ0n) is 46.3. The Morgan fingerprint density at radius 3 is 0.841 bits per heavy atom. The van der Waals surface area contributed by atoms with Gasteiger partial charge < -0.3 is 14.2 Å². The van der Waals surface area contributed by atoms with E-state index in [9.17, 15) is 14.4 Å². The van der Waals surface area contributed by atoms with Crippen molar-refractivity contribution in [1.82, 2.24) is 0 Å². The normalized spacial score (nSPS) is 12.2. The molecule has 1 atom stereocenters. The molecule has 404 valence electrons. The predicted molar refractivity (Wildman–Crippen MR) is 298 cm³/mol. The Balaban J connectivity index is 4.08. The summed E-state index contributed by atoms with van der Waals surface area (Å²) in [7, 11) is 0. The highest BCUT2D eigenvalue weighted by molar-refractivity contribution is 5.71. The second-order valence-corrected chi connectivity index (χ2v) is 20.6. The van der Waals surface area contributed by atoms with E-state index < -0.39 is 6.10 Å². The number of rotatable bonds is 56. The van der Waals surface area contributed by atoms with E-state index in [1.165, 1.54) is 218 Å². The van der Waals surface area contributed by atoms with E-state index in [0.29, 0.717) is 19.3 Å². The van der Waals surface area contributed by atoms with Crippen LogP contribution in [-0.4, -0.2) is 37.2 Å². The Morgan fingerprint density at radius 2 is 0.522 bits per heavy atom. The van der Waals surface area contributed by atoms with Crippen molar-refractivity contribution in [2.75, 3.05) is 13.2 Å². The summed E-state index contributed by atoms with van der Waals surface area (Å²) < 4.78 is 16.8. The molecule has 0 fully saturated rings. The number of hydrogen-bond acceptors (Lipinski definition) is 6. The molecule has 6 nitrogen and oxygen atoms in total. The molecule has 0 rings (SSSR count). The van der Waals surface area contributed by atoms with Crippen LogP contribution in [0.1, 0.15) is 329 Å². The first-order valence-electron chi connectivity index (χ1n) is 30.5. The van der Waals surface area contributed by atoms with Crippen molar-refractivity contribution >= 4 is 17.9 Å². The van der Waals surface area contributed by atoms with Crippen molar-refractivity contribution in [2.24, 2.45) is 0 Å². The number of ether oxygens (including phenoxy) is 3. The van der Waals surface area contributed by atoms with Crippen molar-refractivity contribution in [1.29, 1.82) is 0 Å². The number of esters is 3. The van der Waals surface area contributed by atoms with Crippen LogP contribution >= 0.6 is 0 Å². The molecule has 0 aliphatic heterocycles. The van der Waals surface area contributed by atoms with Gasteiger partial charge in [0.25, 0.3) is 0 Å². The first-order valence-corrected chi connectivity index (χ1v) is 30.5. The molecule has 0 aliphatic rings. The Kier molecular flexibility index (Phi) is 56.2. The Hall–Kier alpha value is -2.37. The maximum Gasteiger partial charge on any atom is 0.306 e. The van der Waals surface area contributed by atoms with Gasteiger partial charge in [-0.15, -0.1) is 0 Å². The van der Waals surface area contributed by atoms with E-state index in [2.05, 4.69) is 57.2 Å². The quantitative estimate of drug-likeness (QED) is 0.0261. The van der Waals surface area contributed by atoms with Gasteiger partial charge in [0, 0.05) is 19.3 Å². The topological polar surface area (TPSA) is 78.9 Å². The number of unbranched alkanes of at least 4 members (excludes halogenated alkanes) is 39. The lowest BCUT2D eigenvalue weighted by Crippen LogP contribution is -2.30. The van der Waals surface area contributed by atoms with Crippen LogP contribution in [-0.2, 0) is 28.6 Å². The first kappa shape index (κ1) is 66.6. The van der Waals surface area contributed by atoms with Crippen LogP contribution in [0.3, 0.4) is 0 Å². The average Bonchev–Trinajstić information content (AvgIpc) is 3.35. The van der Waals surface area contributed by atoms with Gasteiger partial charge in [0.1, 0.15) is 13.2 Å². The molecule has 6 heteroatoms. The lowest BCUT2D eigenvalue weighted by molar-refractivity contribution is -0.167. The smallest absolute Gasteiger partial charge is 0.306 e. The molecule has 0 radical (unpaired) electrons. The molecule has 0 bridgehead atoms. The lowest BCUT2D eigenvalue weighted by atomic mass is 10.0. The van der Waals surface area contributed by atoms with Crippen LogP contribution in [0, 0.1) is 0 Å². The first-order chi connectivity index (χ1) is 34.0. The highest BCUT2D eigenvalue weighted by Gasteiger charge is 2.19. The third kappa shape index (κ3) is 56.4. The van der Waals surface area contributed by atoms with Crippen molar-refractivity contribution in [3.8, 4) is 0 Å². The Bertz CT molecular complexity index is 1160. The SMILES string of the molecule is CCCCC/C=C\C/C=C\CCCCCCCCCC(=O)OC(COC(=O)CCCCCCCCC)COC(=O)CCCCCCCCCCCCCCCCC/C=C\CCCCCCCCCC. The van der Waals surface area contributed by atoms with Gasteiger partial charge >= 0.3 is 17.9 Å². The summed E-state index contributed by atoms with van der Waals surface area (Å²) >= 11 is 0. The minimum Gasteiger partial charge on any atom is -0.462 e. The van der Waals surface area contributed by atoms with Crippen molar-refractivity contribution in [3.63, 3.8) is 0 Å². The third-order valence-electron chi connectivity index (χ3n) is 13.6. The van der Waals surface area contributed by atoms with Gasteiger partial charge in [0.2, 0.25) is 0 Å². The molecular weight excluding hydrogens is 853 g/mol. The van der Waals surface area contributed by atoms with Crippen molar-refractivity contribution < 1.29 is 28.6 Å². The summed E-state index contributed by atoms with van der Waals surface area (Å²) in [6.07, 6.45) is 70.3. The van der Waals surface area contributed by atoms with Gasteiger partial charge in [-0.2, -0.15) is 0 Å². The fourth-order valence-electron chi connectivity index (χ4n) is 9.00. The largest absolute Gasteiger partial charge is 0.462 e. The fourth-order valence-corrected chi connectivity index (χ4v) is 9.00. The molecule has 0 amide bonds. The molecule has 0 saturated carbocycles. The molecule has 0 aromatic heterocycles. The van der Waals surface area contributed by atoms with Gasteiger partial charge in [-0.3, -0.25) is 14.4 Å². The van der Waals surface area contributed by atoms with E-state index in [1.807, 2.05) is 0 Å². The standard InChI is InChI=1S/C63H116O6/c1-4-7-10-13-16-18-20-22-24-26-27-28-29-30-31-32-33-34-35-37-38-40-42-44-47-50-53-56-62(65)68-59-60(58-67-61(64)55-52-49-46-15-12-9-6-3)69-63(66)57-54-51-48-45-43-41-39-36-25-23-21-19-17-14-11-8-5-2/h17,19,23,25-27,60H,4-16,18,20-22,24,28-59H2,1-3H3/b19-17-,25-23-,27-26-. The molecule has 0 saturated heterocycles. The van der Waals surface area contributed by atoms with Crippen LogP contribution in [0.2, 0.25) is 0 Å². The summed E-state index contributed by atoms with van der Waals surface area (Å²) in [5.41, 5.74) is 0. The minimum atomic E-state index is -0.771. The zero-order valence-corrected chi connectivity index (χ0v) is 46.3. The second-order valence-electron chi connectivity index (χ2n) is 20.6. The lowest BCUT2D eigenvalue weighted by Gasteiger charge is -2.18. The van der Waals surface area contributed by atoms with Crippen LogP contribution in [0.15, 0.2) is 36.5 Å². The summed E-state index contributed by atoms with van der Waals surface area (Å²) in [5, 5.41) is 0. The predicted octanol–water partition coefficient (Wildman–Crippen LogP) is 20.4. The molecule has 69 heavy (non-hydrogen) atoms. The van der Waals surface area contributed by atoms with Gasteiger partial charge in [0.05, 0.1) is 0 Å². The minimum absolute atomic E-state index is 0.0719. The van der Waals surface area contributed by atoms with Crippen molar-refractivity contribution in [3.05, 3.63) is 36.5 Å². The molecule has 0 heterocycles. The average molecular weight is 970 g/mol. The number of carbonyl (C=O) groups excluding carboxylic acids is 3. The van der Waals surface area contributed by atoms with E-state index >= 15 is 0 Å². The molecular formula is C63H116O6. The van der Waals surface area contributed by atoms with E-state index in [4.69, 9.17) is 14.2 Å². The summed E-state index contributed by atoms with van der Waals surface area (Å²) in [6.45, 7) is 6.61. The molecule has 1 unspecified atom stereocenters. The van der Waals surface area contributed by atoms with Gasteiger partial charge in [0.15, 0.2) is 6.10 Å². The highest BCUT2D eigenvalue weighted by atomic mass is 16.6. The van der Waals surface area contributed by atoms with Crippen molar-refractivity contribution in [2.45, 2.75) is 335 Å². The fraction of sp³-hybridized carbons (Fsp3) is 0.857. The van der Waals surface area contributed by atoms with Crippen LogP contribution in [0.25, 0.3) is 0 Å². The van der Waals surface area contributed by atoms with Crippen LogP contribution in [0.5, 0.6) is 0 Å². The van der Waals surface area contributed by atoms with E-state index in [0.717, 1.165) is 70.6 Å². The number of carbonyl (C=O) groups is 3. The van der Waals surface area contributed by atoms with E-state index in [-0.39, 0.29) is 31.1 Å². The third-order valence-corrected chi connectivity index (χ3v) is 13.6. The highest BCUT2D eigenvalue weighted by Crippen LogP contribution is 2.17. The summed E-state index contributed by atoms with van der Waals surface area (Å²) in [5.74, 6) is -0.870. The number of hydrogen-bond donors (Lipinski definition) is 0. The summed E-state index contributed by atoms with van der Waals surface area (Å²) in [4.78, 5) is 38.0. The molecule has 0 N–H and O–H groups in total. The van der Waals surface area contributed by atoms with Gasteiger partial charge in [-0.1, -0.05) is 269 Å². The molecule has 0 spiro atoms. The van der Waals surface area contributed by atoms with E-state index in [1.54, 1.807) is 0 Å². The number of allylic oxidation sites excluding steroid dienone is 6. The van der Waals surface area contributed by atoms with Crippen LogP contribution in [0.4, 0.5) is 0 Å². The van der Waals surface area contributed by atoms with Crippen LogP contribution < -0.4 is 0 Å². The maximum absolute atomic E-state index is 12.8. The molecule has 0 aromatic carbocycles. The second kappa shape index (κ2) is 58.2. The molecule has 0 aliphatic carbocycles. The zero-order chi connectivity index (χ0) is 50.0. The van der Waals surface area contributed by atoms with Gasteiger partial charge in [-0.05, 0) is 77.0 Å². The molecule has 0 aromatic rings. The monoisotopic (exact) mass is 969 g/mol.